The maximum Gasteiger partial charge on any atom is 0.322 e. The van der Waals surface area contributed by atoms with Crippen LogP contribution in [0.25, 0.3) is 11.5 Å². The number of furan rings is 1. The molecule has 0 atom stereocenters. The quantitative estimate of drug-likeness (QED) is 0.707. The number of carbonyl (C=O) groups excluding carboxylic acids is 1. The summed E-state index contributed by atoms with van der Waals surface area (Å²) in [5.74, 6) is 1.23. The average Bonchev–Trinajstić information content (AvgIpc) is 3.12. The molecule has 0 fully saturated rings. The Morgan fingerprint density at radius 3 is 2.62 bits per heavy atom. The number of nitrogens with one attached hydrogen (secondary N) is 1. The molecule has 1 amide bonds. The zero-order valence-corrected chi connectivity index (χ0v) is 13.8. The Hall–Kier alpha value is -2.61. The van der Waals surface area contributed by atoms with Gasteiger partial charge in [-0.15, -0.1) is 16.9 Å². The highest BCUT2D eigenvalue weighted by molar-refractivity contribution is 8.00. The van der Waals surface area contributed by atoms with Crippen LogP contribution in [0.2, 0.25) is 0 Å². The molecule has 3 rings (SSSR count). The maximum absolute atomic E-state index is 12.8. The van der Waals surface area contributed by atoms with Gasteiger partial charge < -0.3 is 8.83 Å². The van der Waals surface area contributed by atoms with E-state index in [0.29, 0.717) is 11.3 Å². The lowest BCUT2D eigenvalue weighted by molar-refractivity contribution is -0.113. The fraction of sp³-hybridized carbons (Fsp3) is 0.188. The zero-order valence-electron chi connectivity index (χ0n) is 13.0. The molecule has 2 aromatic heterocycles. The molecule has 24 heavy (non-hydrogen) atoms. The van der Waals surface area contributed by atoms with Crippen molar-refractivity contribution >= 4 is 23.7 Å². The first-order valence-electron chi connectivity index (χ1n) is 7.10. The van der Waals surface area contributed by atoms with E-state index in [4.69, 9.17) is 8.83 Å². The number of hydrogen-bond acceptors (Lipinski definition) is 6. The van der Waals surface area contributed by atoms with E-state index in [-0.39, 0.29) is 29.4 Å². The number of anilines is 1. The van der Waals surface area contributed by atoms with Crippen LogP contribution in [0.5, 0.6) is 0 Å². The molecule has 124 valence electrons. The predicted octanol–water partition coefficient (Wildman–Crippen LogP) is 3.82. The number of aromatic nitrogens is 2. The van der Waals surface area contributed by atoms with Gasteiger partial charge in [-0.1, -0.05) is 5.10 Å². The van der Waals surface area contributed by atoms with Gasteiger partial charge in [-0.3, -0.25) is 10.1 Å². The molecule has 0 bridgehead atoms. The number of rotatable bonds is 5. The molecule has 0 radical (unpaired) electrons. The van der Waals surface area contributed by atoms with Gasteiger partial charge in [0.2, 0.25) is 5.91 Å². The number of aryl methyl sites for hydroxylation is 2. The van der Waals surface area contributed by atoms with Gasteiger partial charge in [-0.25, -0.2) is 4.39 Å². The van der Waals surface area contributed by atoms with E-state index in [1.54, 1.807) is 25.1 Å². The molecule has 2 heterocycles. The molecule has 0 spiro atoms. The van der Waals surface area contributed by atoms with Crippen molar-refractivity contribution in [2.75, 3.05) is 11.1 Å². The van der Waals surface area contributed by atoms with Crippen molar-refractivity contribution in [1.82, 2.24) is 10.2 Å². The summed E-state index contributed by atoms with van der Waals surface area (Å²) >= 11 is 1.28. The Morgan fingerprint density at radius 1 is 1.21 bits per heavy atom. The van der Waals surface area contributed by atoms with Crippen molar-refractivity contribution < 1.29 is 18.0 Å². The first kappa shape index (κ1) is 16.3. The topological polar surface area (TPSA) is 81.2 Å². The van der Waals surface area contributed by atoms with Crippen molar-refractivity contribution in [3.63, 3.8) is 0 Å². The number of benzene rings is 1. The summed E-state index contributed by atoms with van der Waals surface area (Å²) in [4.78, 5) is 12.7. The van der Waals surface area contributed by atoms with Gasteiger partial charge in [0.25, 0.3) is 5.89 Å². The van der Waals surface area contributed by atoms with Crippen LogP contribution < -0.4 is 5.32 Å². The molecule has 0 saturated carbocycles. The maximum atomic E-state index is 12.8. The van der Waals surface area contributed by atoms with Gasteiger partial charge in [0.15, 0.2) is 0 Å². The number of amides is 1. The SMILES string of the molecule is Cc1cc(-c2nnc(NC(=O)CSc3ccc(F)cc3)o2)c(C)o1. The summed E-state index contributed by atoms with van der Waals surface area (Å²) in [6.07, 6.45) is 0. The van der Waals surface area contributed by atoms with Crippen molar-refractivity contribution in [2.45, 2.75) is 18.7 Å². The number of halogens is 1. The van der Waals surface area contributed by atoms with Gasteiger partial charge in [0.05, 0.1) is 11.3 Å². The van der Waals surface area contributed by atoms with Crippen LogP contribution in [0, 0.1) is 19.7 Å². The van der Waals surface area contributed by atoms with Gasteiger partial charge in [0.1, 0.15) is 17.3 Å². The molecule has 0 saturated heterocycles. The number of nitrogens with zero attached hydrogens (tertiary/aromatic N) is 2. The Balaban J connectivity index is 1.59. The van der Waals surface area contributed by atoms with Crippen molar-refractivity contribution in [2.24, 2.45) is 0 Å². The Labute approximate surface area is 141 Å². The van der Waals surface area contributed by atoms with E-state index >= 15 is 0 Å². The van der Waals surface area contributed by atoms with E-state index in [0.717, 1.165) is 10.7 Å². The van der Waals surface area contributed by atoms with E-state index in [1.165, 1.54) is 23.9 Å². The highest BCUT2D eigenvalue weighted by Gasteiger charge is 2.16. The molecule has 0 aliphatic rings. The molecular formula is C16H14FN3O3S. The number of carbonyl (C=O) groups is 1. The van der Waals surface area contributed by atoms with Crippen LogP contribution in [0.15, 0.2) is 44.1 Å². The van der Waals surface area contributed by atoms with Gasteiger partial charge in [-0.2, -0.15) is 0 Å². The predicted molar refractivity (Wildman–Crippen MR) is 87.2 cm³/mol. The lowest BCUT2D eigenvalue weighted by atomic mass is 10.2. The van der Waals surface area contributed by atoms with Gasteiger partial charge >= 0.3 is 6.01 Å². The highest BCUT2D eigenvalue weighted by atomic mass is 32.2. The summed E-state index contributed by atoms with van der Waals surface area (Å²) in [6.45, 7) is 3.62. The Bertz CT molecular complexity index is 858. The molecule has 0 aliphatic carbocycles. The monoisotopic (exact) mass is 347 g/mol. The number of hydrogen-bond donors (Lipinski definition) is 1. The molecule has 0 aliphatic heterocycles. The third kappa shape index (κ3) is 3.83. The molecule has 1 aromatic carbocycles. The van der Waals surface area contributed by atoms with Crippen LogP contribution in [0.1, 0.15) is 11.5 Å². The van der Waals surface area contributed by atoms with Crippen molar-refractivity contribution in [1.29, 1.82) is 0 Å². The first-order valence-corrected chi connectivity index (χ1v) is 8.09. The zero-order chi connectivity index (χ0) is 17.1. The minimum Gasteiger partial charge on any atom is -0.466 e. The fourth-order valence-corrected chi connectivity index (χ4v) is 2.76. The first-order chi connectivity index (χ1) is 11.5. The third-order valence-corrected chi connectivity index (χ3v) is 4.14. The van der Waals surface area contributed by atoms with Crippen LogP contribution in [0.3, 0.4) is 0 Å². The fourth-order valence-electron chi connectivity index (χ4n) is 2.06. The summed E-state index contributed by atoms with van der Waals surface area (Å²) in [6, 6.07) is 7.73. The van der Waals surface area contributed by atoms with E-state index in [9.17, 15) is 9.18 Å². The molecule has 1 N–H and O–H groups in total. The van der Waals surface area contributed by atoms with Crippen LogP contribution >= 0.6 is 11.8 Å². The molecule has 8 heteroatoms. The minimum absolute atomic E-state index is 0.0213. The second-order valence-electron chi connectivity index (χ2n) is 5.03. The average molecular weight is 347 g/mol. The lowest BCUT2D eigenvalue weighted by Gasteiger charge is -2.01. The standard InChI is InChI=1S/C16H14FN3O3S/c1-9-7-13(10(2)22-9)15-19-20-16(23-15)18-14(21)8-24-12-5-3-11(17)4-6-12/h3-7H,8H2,1-2H3,(H,18,20,21). The normalized spacial score (nSPS) is 10.8. The second kappa shape index (κ2) is 6.88. The summed E-state index contributed by atoms with van der Waals surface area (Å²) < 4.78 is 23.7. The van der Waals surface area contributed by atoms with Gasteiger partial charge in [0, 0.05) is 4.90 Å². The summed E-state index contributed by atoms with van der Waals surface area (Å²) in [5, 5.41) is 10.2. The second-order valence-corrected chi connectivity index (χ2v) is 6.08. The van der Waals surface area contributed by atoms with Crippen molar-refractivity contribution in [3.8, 4) is 11.5 Å². The van der Waals surface area contributed by atoms with Crippen LogP contribution in [-0.4, -0.2) is 21.9 Å². The summed E-state index contributed by atoms with van der Waals surface area (Å²) in [7, 11) is 0. The minimum atomic E-state index is -0.313. The van der Waals surface area contributed by atoms with Gasteiger partial charge in [-0.05, 0) is 44.2 Å². The summed E-state index contributed by atoms with van der Waals surface area (Å²) in [5.41, 5.74) is 0.696. The molecule has 6 nitrogen and oxygen atoms in total. The Kier molecular flexibility index (Phi) is 4.66. The van der Waals surface area contributed by atoms with E-state index < -0.39 is 0 Å². The molecule has 0 unspecified atom stereocenters. The van der Waals surface area contributed by atoms with Crippen molar-refractivity contribution in [3.05, 3.63) is 47.7 Å². The van der Waals surface area contributed by atoms with Crippen LogP contribution in [0.4, 0.5) is 10.4 Å². The van der Waals surface area contributed by atoms with Crippen LogP contribution in [-0.2, 0) is 4.79 Å². The Morgan fingerprint density at radius 2 is 1.96 bits per heavy atom. The van der Waals surface area contributed by atoms with E-state index in [1.807, 2.05) is 6.92 Å². The highest BCUT2D eigenvalue weighted by Crippen LogP contribution is 2.26. The lowest BCUT2D eigenvalue weighted by Crippen LogP contribution is -2.14. The van der Waals surface area contributed by atoms with E-state index in [2.05, 4.69) is 15.5 Å². The smallest absolute Gasteiger partial charge is 0.322 e. The third-order valence-electron chi connectivity index (χ3n) is 3.13. The molecular weight excluding hydrogens is 333 g/mol. The molecule has 3 aromatic rings. The largest absolute Gasteiger partial charge is 0.466 e. The number of thioether (sulfide) groups is 1.